The molecular weight excluding hydrogens is 761 g/mol. The van der Waals surface area contributed by atoms with Gasteiger partial charge in [-0.3, -0.25) is 9.59 Å². The van der Waals surface area contributed by atoms with E-state index in [0.29, 0.717) is 39.7 Å². The van der Waals surface area contributed by atoms with Crippen molar-refractivity contribution in [2.75, 3.05) is 0 Å². The van der Waals surface area contributed by atoms with Crippen molar-refractivity contribution in [2.45, 2.75) is 52.6 Å². The number of ketones is 2. The molecule has 0 heterocycles. The minimum atomic E-state index is -0.221. The van der Waals surface area contributed by atoms with Crippen molar-refractivity contribution in [3.63, 3.8) is 0 Å². The van der Waals surface area contributed by atoms with Crippen LogP contribution in [0.2, 0.25) is 0 Å². The predicted octanol–water partition coefficient (Wildman–Crippen LogP) is 15.3. The van der Waals surface area contributed by atoms with Gasteiger partial charge in [0, 0.05) is 33.4 Å². The van der Waals surface area contributed by atoms with Gasteiger partial charge < -0.3 is 9.47 Å². The SMILES string of the molecule is CCC(C)c1ccc(C(=O)c2ccc(Oc3ccc(-c4ccc(OC(CC)c5ccc(C(=O)c6ccc(C)cc6)cc5)c(-c5ccccc5)c4)cc3-c3ccccc3)cc2)cc1. The number of benzene rings is 8. The molecule has 8 rings (SSSR count). The van der Waals surface area contributed by atoms with Gasteiger partial charge >= 0.3 is 0 Å². The average molecular weight is 811 g/mol. The van der Waals surface area contributed by atoms with Crippen LogP contribution in [-0.4, -0.2) is 11.6 Å². The third-order valence-corrected chi connectivity index (χ3v) is 11.7. The molecule has 8 aromatic rings. The Bertz CT molecular complexity index is 2770. The molecule has 0 N–H and O–H groups in total. The summed E-state index contributed by atoms with van der Waals surface area (Å²) in [5.41, 5.74) is 12.0. The molecule has 2 unspecified atom stereocenters. The van der Waals surface area contributed by atoms with Crippen LogP contribution in [-0.2, 0) is 0 Å². The maximum atomic E-state index is 13.4. The monoisotopic (exact) mass is 810 g/mol. The quantitative estimate of drug-likeness (QED) is 0.0968. The second-order valence-corrected chi connectivity index (χ2v) is 15.9. The Labute approximate surface area is 365 Å². The average Bonchev–Trinajstić information content (AvgIpc) is 3.34. The maximum Gasteiger partial charge on any atom is 0.193 e. The Morgan fingerprint density at radius 2 is 0.887 bits per heavy atom. The van der Waals surface area contributed by atoms with Gasteiger partial charge in [0.2, 0.25) is 0 Å². The molecule has 0 spiro atoms. The molecular formula is C58H50O4. The van der Waals surface area contributed by atoms with Crippen LogP contribution in [0.15, 0.2) is 194 Å². The van der Waals surface area contributed by atoms with Crippen LogP contribution in [0, 0.1) is 6.92 Å². The Balaban J connectivity index is 1.06. The molecule has 62 heavy (non-hydrogen) atoms. The largest absolute Gasteiger partial charge is 0.485 e. The number of carbonyl (C=O) groups excluding carboxylic acids is 2. The highest BCUT2D eigenvalue weighted by Gasteiger charge is 2.19. The topological polar surface area (TPSA) is 52.6 Å². The van der Waals surface area contributed by atoms with Crippen LogP contribution in [0.5, 0.6) is 17.2 Å². The zero-order valence-corrected chi connectivity index (χ0v) is 35.7. The standard InChI is InChI=1S/C58H50O4/c1-5-40(4)41-21-25-46(26-22-41)58(60)48-29-33-51(34-30-48)61-55-35-31-49(37-52(55)42-13-9-7-10-14-42)50-32-36-56(53(38-50)43-15-11-8-12-16-43)62-54(6-2)44-23-27-47(28-24-44)57(59)45-19-17-39(3)18-20-45/h7-38,40,54H,5-6H2,1-4H3. The number of aryl methyl sites for hydroxylation is 1. The van der Waals surface area contributed by atoms with E-state index in [1.807, 2.05) is 134 Å². The molecule has 0 radical (unpaired) electrons. The summed E-state index contributed by atoms with van der Waals surface area (Å²) in [6, 6.07) is 64.0. The number of rotatable bonds is 15. The molecule has 0 aliphatic carbocycles. The molecule has 8 aromatic carbocycles. The minimum Gasteiger partial charge on any atom is -0.485 e. The highest BCUT2D eigenvalue weighted by Crippen LogP contribution is 2.41. The maximum absolute atomic E-state index is 13.4. The van der Waals surface area contributed by atoms with Gasteiger partial charge in [-0.15, -0.1) is 0 Å². The van der Waals surface area contributed by atoms with E-state index >= 15 is 0 Å². The Morgan fingerprint density at radius 1 is 0.452 bits per heavy atom. The first-order chi connectivity index (χ1) is 30.3. The lowest BCUT2D eigenvalue weighted by atomic mass is 9.95. The first-order valence-electron chi connectivity index (χ1n) is 21.5. The van der Waals surface area contributed by atoms with Crippen molar-refractivity contribution in [2.24, 2.45) is 0 Å². The highest BCUT2D eigenvalue weighted by molar-refractivity contribution is 6.09. The van der Waals surface area contributed by atoms with Crippen molar-refractivity contribution < 1.29 is 19.1 Å². The molecule has 0 aliphatic heterocycles. The van der Waals surface area contributed by atoms with E-state index in [1.165, 1.54) is 5.56 Å². The number of hydrogen-bond acceptors (Lipinski definition) is 4. The van der Waals surface area contributed by atoms with E-state index in [2.05, 4.69) is 87.5 Å². The summed E-state index contributed by atoms with van der Waals surface area (Å²) in [4.78, 5) is 26.6. The summed E-state index contributed by atoms with van der Waals surface area (Å²) < 4.78 is 13.4. The first kappa shape index (κ1) is 41.4. The molecule has 306 valence electrons. The van der Waals surface area contributed by atoms with Gasteiger partial charge in [0.05, 0.1) is 0 Å². The molecule has 0 aliphatic rings. The van der Waals surface area contributed by atoms with Crippen LogP contribution in [0.3, 0.4) is 0 Å². The molecule has 4 nitrogen and oxygen atoms in total. The van der Waals surface area contributed by atoms with Gasteiger partial charge in [0.1, 0.15) is 23.4 Å². The number of hydrogen-bond donors (Lipinski definition) is 0. The van der Waals surface area contributed by atoms with Crippen molar-refractivity contribution in [1.29, 1.82) is 0 Å². The van der Waals surface area contributed by atoms with Crippen LogP contribution in [0.1, 0.15) is 94.2 Å². The van der Waals surface area contributed by atoms with Gasteiger partial charge in [-0.2, -0.15) is 0 Å². The summed E-state index contributed by atoms with van der Waals surface area (Å²) >= 11 is 0. The molecule has 2 atom stereocenters. The zero-order valence-electron chi connectivity index (χ0n) is 35.7. The molecule has 4 heteroatoms. The minimum absolute atomic E-state index is 0.00349. The van der Waals surface area contributed by atoms with E-state index in [1.54, 1.807) is 0 Å². The first-order valence-corrected chi connectivity index (χ1v) is 21.5. The Kier molecular flexibility index (Phi) is 12.7. The van der Waals surface area contributed by atoms with E-state index < -0.39 is 0 Å². The summed E-state index contributed by atoms with van der Waals surface area (Å²) in [5, 5.41) is 0. The molecule has 0 amide bonds. The van der Waals surface area contributed by atoms with E-state index in [4.69, 9.17) is 9.47 Å². The van der Waals surface area contributed by atoms with Crippen molar-refractivity contribution in [1.82, 2.24) is 0 Å². The van der Waals surface area contributed by atoms with Crippen LogP contribution in [0.25, 0.3) is 33.4 Å². The molecule has 0 bridgehead atoms. The fourth-order valence-corrected chi connectivity index (χ4v) is 7.73. The second kappa shape index (κ2) is 19.0. The van der Waals surface area contributed by atoms with Gasteiger partial charge in [-0.25, -0.2) is 0 Å². The molecule has 0 saturated carbocycles. The summed E-state index contributed by atoms with van der Waals surface area (Å²) in [6.45, 7) is 8.50. The highest BCUT2D eigenvalue weighted by atomic mass is 16.5. The van der Waals surface area contributed by atoms with E-state index in [9.17, 15) is 9.59 Å². The van der Waals surface area contributed by atoms with Crippen LogP contribution >= 0.6 is 0 Å². The van der Waals surface area contributed by atoms with Crippen LogP contribution < -0.4 is 9.47 Å². The second-order valence-electron chi connectivity index (χ2n) is 15.9. The van der Waals surface area contributed by atoms with Crippen molar-refractivity contribution in [3.05, 3.63) is 233 Å². The lowest BCUT2D eigenvalue weighted by Gasteiger charge is -2.22. The van der Waals surface area contributed by atoms with Crippen molar-refractivity contribution >= 4 is 11.6 Å². The summed E-state index contributed by atoms with van der Waals surface area (Å²) in [5.74, 6) is 2.57. The van der Waals surface area contributed by atoms with Gasteiger partial charge in [-0.1, -0.05) is 172 Å². The molecule has 0 fully saturated rings. The van der Waals surface area contributed by atoms with Crippen LogP contribution in [0.4, 0.5) is 0 Å². The predicted molar refractivity (Wildman–Crippen MR) is 253 cm³/mol. The lowest BCUT2D eigenvalue weighted by Crippen LogP contribution is -2.08. The Hall–Kier alpha value is -7.30. The van der Waals surface area contributed by atoms with Gasteiger partial charge in [0.25, 0.3) is 0 Å². The number of ether oxygens (including phenoxy) is 2. The summed E-state index contributed by atoms with van der Waals surface area (Å²) in [7, 11) is 0. The fourth-order valence-electron chi connectivity index (χ4n) is 7.73. The molecule has 0 saturated heterocycles. The zero-order chi connectivity index (χ0) is 43.0. The lowest BCUT2D eigenvalue weighted by molar-refractivity contribution is 0.103. The fraction of sp³-hybridized carbons (Fsp3) is 0.138. The third kappa shape index (κ3) is 9.36. The Morgan fingerprint density at radius 3 is 1.37 bits per heavy atom. The molecule has 0 aromatic heterocycles. The summed E-state index contributed by atoms with van der Waals surface area (Å²) in [6.07, 6.45) is 1.58. The smallest absolute Gasteiger partial charge is 0.193 e. The third-order valence-electron chi connectivity index (χ3n) is 11.7. The number of carbonyl (C=O) groups is 2. The van der Waals surface area contributed by atoms with Gasteiger partial charge in [0.15, 0.2) is 11.6 Å². The van der Waals surface area contributed by atoms with E-state index in [0.717, 1.165) is 63.1 Å². The van der Waals surface area contributed by atoms with Gasteiger partial charge in [-0.05, 0) is 108 Å². The van der Waals surface area contributed by atoms with E-state index in [-0.39, 0.29) is 17.7 Å². The van der Waals surface area contributed by atoms with Crippen molar-refractivity contribution in [3.8, 4) is 50.6 Å². The normalized spacial score (nSPS) is 12.0.